The molecular weight excluding hydrogens is 354 g/mol. The second kappa shape index (κ2) is 12.2. The minimum absolute atomic E-state index is 0.198. The van der Waals surface area contributed by atoms with Crippen LogP contribution in [0.5, 0.6) is 0 Å². The second-order valence-corrected chi connectivity index (χ2v) is 6.11. The van der Waals surface area contributed by atoms with Gasteiger partial charge in [-0.2, -0.15) is 11.8 Å². The molecule has 0 rings (SSSR count). The number of rotatable bonds is 11. The molecule has 0 aliphatic heterocycles. The molecule has 9 nitrogen and oxygen atoms in total. The summed E-state index contributed by atoms with van der Waals surface area (Å²) in [6, 6.07) is 0. The Morgan fingerprint density at radius 1 is 1.20 bits per heavy atom. The predicted octanol–water partition coefficient (Wildman–Crippen LogP) is 1.09. The van der Waals surface area contributed by atoms with Gasteiger partial charge in [0.1, 0.15) is 6.61 Å². The van der Waals surface area contributed by atoms with Gasteiger partial charge in [0.05, 0.1) is 12.0 Å². The van der Waals surface area contributed by atoms with Gasteiger partial charge >= 0.3 is 18.0 Å². The minimum atomic E-state index is -0.940. The first kappa shape index (κ1) is 22.8. The van der Waals surface area contributed by atoms with Gasteiger partial charge in [0.2, 0.25) is 0 Å². The maximum absolute atomic E-state index is 11.4. The summed E-state index contributed by atoms with van der Waals surface area (Å²) in [4.78, 5) is 33.8. The maximum atomic E-state index is 11.4. The molecule has 0 saturated heterocycles. The van der Waals surface area contributed by atoms with Gasteiger partial charge < -0.3 is 24.4 Å². The summed E-state index contributed by atoms with van der Waals surface area (Å²) in [6.45, 7) is 8.86. The quantitative estimate of drug-likeness (QED) is 0.159. The van der Waals surface area contributed by atoms with Crippen LogP contribution in [0.1, 0.15) is 13.8 Å². The Balaban J connectivity index is 3.82. The average Bonchev–Trinajstić information content (AvgIpc) is 2.51. The van der Waals surface area contributed by atoms with Crippen molar-refractivity contribution in [2.24, 2.45) is 5.92 Å². The molecule has 0 aliphatic carbocycles. The third kappa shape index (κ3) is 11.9. The Morgan fingerprint density at radius 3 is 2.40 bits per heavy atom. The molecule has 0 aromatic heterocycles. The van der Waals surface area contributed by atoms with Crippen LogP contribution in [0.2, 0.25) is 0 Å². The van der Waals surface area contributed by atoms with E-state index in [1.165, 1.54) is 18.7 Å². The number of aliphatic hydroxyl groups excluding tert-OH is 2. The number of carbonyl (C=O) groups excluding carboxylic acids is 3. The molecule has 0 radical (unpaired) electrons. The second-order valence-electron chi connectivity index (χ2n) is 5.04. The number of alkyl carbamates (subject to hydrolysis) is 1. The Morgan fingerprint density at radius 2 is 1.84 bits per heavy atom. The van der Waals surface area contributed by atoms with Crippen LogP contribution in [-0.2, 0) is 23.8 Å². The number of nitrogens with one attached hydrogen (secondary N) is 1. The Labute approximate surface area is 150 Å². The lowest BCUT2D eigenvalue weighted by Gasteiger charge is -2.13. The summed E-state index contributed by atoms with van der Waals surface area (Å²) in [5.41, 5.74) is 0.198. The summed E-state index contributed by atoms with van der Waals surface area (Å²) in [6.07, 6.45) is -1.79. The van der Waals surface area contributed by atoms with Crippen molar-refractivity contribution >= 4 is 29.8 Å². The zero-order chi connectivity index (χ0) is 19.4. The average molecular weight is 377 g/mol. The van der Waals surface area contributed by atoms with Gasteiger partial charge in [-0.15, -0.1) is 0 Å². The van der Waals surface area contributed by atoms with E-state index in [-0.39, 0.29) is 24.7 Å². The third-order valence-electron chi connectivity index (χ3n) is 2.47. The van der Waals surface area contributed by atoms with Crippen LogP contribution >= 0.6 is 11.8 Å². The highest BCUT2D eigenvalue weighted by Crippen LogP contribution is 2.12. The lowest BCUT2D eigenvalue weighted by Crippen LogP contribution is -2.31. The van der Waals surface area contributed by atoms with E-state index < -0.39 is 36.0 Å². The molecule has 0 spiro atoms. The topological polar surface area (TPSA) is 131 Å². The van der Waals surface area contributed by atoms with Gasteiger partial charge in [-0.1, -0.05) is 13.5 Å². The van der Waals surface area contributed by atoms with Gasteiger partial charge in [0, 0.05) is 17.1 Å². The zero-order valence-electron chi connectivity index (χ0n) is 14.1. The Bertz CT molecular complexity index is 508. The van der Waals surface area contributed by atoms with Crippen LogP contribution in [0, 0.1) is 5.92 Å². The largest absolute Gasteiger partial charge is 0.481 e. The molecule has 3 N–H and O–H groups in total. The number of esters is 2. The molecule has 0 aromatic carbocycles. The first-order valence-electron chi connectivity index (χ1n) is 7.22. The molecule has 2 unspecified atom stereocenters. The highest BCUT2D eigenvalue weighted by Gasteiger charge is 2.17. The van der Waals surface area contributed by atoms with E-state index in [2.05, 4.69) is 27.9 Å². The Kier molecular flexibility index (Phi) is 11.1. The van der Waals surface area contributed by atoms with E-state index in [0.717, 1.165) is 0 Å². The summed E-state index contributed by atoms with van der Waals surface area (Å²) in [5.74, 6) is -1.89. The molecule has 10 heteroatoms. The predicted molar refractivity (Wildman–Crippen MR) is 90.6 cm³/mol. The van der Waals surface area contributed by atoms with Crippen LogP contribution in [0.3, 0.4) is 0 Å². The van der Waals surface area contributed by atoms with E-state index >= 15 is 0 Å². The summed E-state index contributed by atoms with van der Waals surface area (Å²) in [5, 5.41) is 20.6. The molecule has 0 saturated carbocycles. The van der Waals surface area contributed by atoms with E-state index in [1.54, 1.807) is 6.92 Å². The van der Waals surface area contributed by atoms with E-state index in [9.17, 15) is 19.5 Å². The van der Waals surface area contributed by atoms with Crippen molar-refractivity contribution < 1.29 is 38.8 Å². The summed E-state index contributed by atoms with van der Waals surface area (Å²) in [7, 11) is 0. The number of ether oxygens (including phenoxy) is 3. The molecule has 0 aromatic rings. The van der Waals surface area contributed by atoms with Crippen LogP contribution in [0.4, 0.5) is 4.79 Å². The molecule has 0 aliphatic rings. The maximum Gasteiger partial charge on any atom is 0.409 e. The highest BCUT2D eigenvalue weighted by atomic mass is 32.2. The molecule has 0 heterocycles. The van der Waals surface area contributed by atoms with Crippen molar-refractivity contribution in [2.45, 2.75) is 20.0 Å². The van der Waals surface area contributed by atoms with Crippen molar-refractivity contribution in [3.05, 3.63) is 24.7 Å². The van der Waals surface area contributed by atoms with Crippen LogP contribution in [0.15, 0.2) is 24.7 Å². The normalized spacial score (nSPS) is 12.4. The van der Waals surface area contributed by atoms with Crippen LogP contribution < -0.4 is 5.32 Å². The lowest BCUT2D eigenvalue weighted by atomic mass is 10.2. The Hall–Kier alpha value is -2.20. The van der Waals surface area contributed by atoms with Gasteiger partial charge in [0.15, 0.2) is 6.73 Å². The van der Waals surface area contributed by atoms with E-state index in [1.807, 2.05) is 0 Å². The fourth-order valence-corrected chi connectivity index (χ4v) is 2.21. The van der Waals surface area contributed by atoms with E-state index in [0.29, 0.717) is 5.75 Å². The van der Waals surface area contributed by atoms with Gasteiger partial charge in [-0.05, 0) is 13.5 Å². The van der Waals surface area contributed by atoms with E-state index in [4.69, 9.17) is 9.84 Å². The van der Waals surface area contributed by atoms with Gasteiger partial charge in [-0.3, -0.25) is 10.1 Å². The minimum Gasteiger partial charge on any atom is -0.481 e. The third-order valence-corrected chi connectivity index (χ3v) is 3.83. The van der Waals surface area contributed by atoms with Gasteiger partial charge in [-0.25, -0.2) is 9.59 Å². The van der Waals surface area contributed by atoms with Crippen molar-refractivity contribution in [2.75, 3.05) is 24.8 Å². The fourth-order valence-electron chi connectivity index (χ4n) is 1.22. The number of hydrogen-bond donors (Lipinski definition) is 3. The first-order chi connectivity index (χ1) is 11.6. The molecule has 25 heavy (non-hydrogen) atoms. The van der Waals surface area contributed by atoms with Crippen molar-refractivity contribution in [1.82, 2.24) is 5.32 Å². The number of amides is 1. The van der Waals surface area contributed by atoms with Crippen molar-refractivity contribution in [3.8, 4) is 0 Å². The van der Waals surface area contributed by atoms with Crippen LogP contribution in [-0.4, -0.2) is 59.2 Å². The van der Waals surface area contributed by atoms with Crippen LogP contribution in [0.25, 0.3) is 0 Å². The monoisotopic (exact) mass is 377 g/mol. The first-order valence-corrected chi connectivity index (χ1v) is 8.37. The molecule has 1 amide bonds. The van der Waals surface area contributed by atoms with Crippen molar-refractivity contribution in [3.63, 3.8) is 0 Å². The van der Waals surface area contributed by atoms with Crippen molar-refractivity contribution in [1.29, 1.82) is 0 Å². The SMILES string of the molecule is C=C(O)OC(=O)C(C)CSCC(O)COC(=O)NCOC(=O)C(=C)C. The standard InChI is InChI=1S/C15H23NO8S/c1-9(2)13(19)23-8-16-15(21)22-5-12(18)7-25-6-10(3)14(20)24-11(4)17/h10,12,17-18H,1,4-8H2,2-3H3,(H,16,21). The lowest BCUT2D eigenvalue weighted by molar-refractivity contribution is -0.146. The number of hydrogen-bond acceptors (Lipinski definition) is 9. The molecule has 142 valence electrons. The fraction of sp³-hybridized carbons (Fsp3) is 0.533. The number of aliphatic hydroxyl groups is 2. The number of carbonyl (C=O) groups is 3. The smallest absolute Gasteiger partial charge is 0.409 e. The molecule has 2 atom stereocenters. The zero-order valence-corrected chi connectivity index (χ0v) is 15.0. The summed E-state index contributed by atoms with van der Waals surface area (Å²) < 4.78 is 13.8. The summed E-state index contributed by atoms with van der Waals surface area (Å²) >= 11 is 1.25. The molecule has 0 fully saturated rings. The highest BCUT2D eigenvalue weighted by molar-refractivity contribution is 7.99. The number of thioether (sulfide) groups is 1. The van der Waals surface area contributed by atoms with Gasteiger partial charge in [0.25, 0.3) is 5.95 Å². The molecular formula is C15H23NO8S. The molecule has 0 bridgehead atoms.